The second-order valence-electron chi connectivity index (χ2n) is 7.64. The highest BCUT2D eigenvalue weighted by Crippen LogP contribution is 2.30. The summed E-state index contributed by atoms with van der Waals surface area (Å²) >= 11 is 0. The van der Waals surface area contributed by atoms with Gasteiger partial charge in [-0.2, -0.15) is 0 Å². The molecule has 0 heterocycles. The van der Waals surface area contributed by atoms with Crippen LogP contribution >= 0.6 is 0 Å². The van der Waals surface area contributed by atoms with E-state index in [2.05, 4.69) is 121 Å². The number of hydrogen-bond donors (Lipinski definition) is 0. The summed E-state index contributed by atoms with van der Waals surface area (Å²) in [5, 5.41) is 9.71. The Morgan fingerprint density at radius 2 is 0.600 bits per heavy atom. The average Bonchev–Trinajstić information content (AvgIpc) is 2.81. The Hall–Kier alpha value is -4.08. The van der Waals surface area contributed by atoms with Crippen LogP contribution in [-0.2, 0) is 0 Å². The van der Waals surface area contributed by atoms with Crippen molar-refractivity contribution in [2.24, 2.45) is 0 Å². The quantitative estimate of drug-likeness (QED) is 0.188. The smallest absolute Gasteiger partial charge is 0.0405 e. The van der Waals surface area contributed by atoms with Gasteiger partial charge in [0, 0.05) is 11.1 Å². The van der Waals surface area contributed by atoms with Crippen molar-refractivity contribution in [1.29, 1.82) is 0 Å². The summed E-state index contributed by atoms with van der Waals surface area (Å²) < 4.78 is 0. The monoisotopic (exact) mass is 378 g/mol. The van der Waals surface area contributed by atoms with Gasteiger partial charge in [-0.05, 0) is 55.2 Å². The molecule has 0 aromatic heterocycles. The summed E-state index contributed by atoms with van der Waals surface area (Å²) in [5.41, 5.74) is 2.20. The second-order valence-corrected chi connectivity index (χ2v) is 7.64. The van der Waals surface area contributed by atoms with Gasteiger partial charge in [0.2, 0.25) is 0 Å². The van der Waals surface area contributed by atoms with E-state index in [1.54, 1.807) is 0 Å². The van der Waals surface area contributed by atoms with E-state index in [0.717, 1.165) is 11.1 Å². The molecule has 30 heavy (non-hydrogen) atoms. The van der Waals surface area contributed by atoms with E-state index >= 15 is 0 Å². The van der Waals surface area contributed by atoms with Crippen molar-refractivity contribution in [2.45, 2.75) is 0 Å². The van der Waals surface area contributed by atoms with Gasteiger partial charge < -0.3 is 0 Å². The summed E-state index contributed by atoms with van der Waals surface area (Å²) in [6.45, 7) is 0. The number of fused-ring (bicyclic) bond motifs is 4. The van der Waals surface area contributed by atoms with Crippen molar-refractivity contribution in [3.8, 4) is 11.8 Å². The molecule has 0 nitrogen and oxygen atoms in total. The van der Waals surface area contributed by atoms with Crippen molar-refractivity contribution in [3.63, 3.8) is 0 Å². The van der Waals surface area contributed by atoms with Crippen molar-refractivity contribution < 1.29 is 0 Å². The van der Waals surface area contributed by atoms with Crippen LogP contribution in [-0.4, -0.2) is 0 Å². The van der Waals surface area contributed by atoms with Crippen molar-refractivity contribution in [2.75, 3.05) is 0 Å². The van der Waals surface area contributed by atoms with Crippen LogP contribution in [0.15, 0.2) is 109 Å². The maximum Gasteiger partial charge on any atom is 0.0405 e. The normalized spacial score (nSPS) is 11.1. The van der Waals surface area contributed by atoms with E-state index in [0.29, 0.717) is 0 Å². The summed E-state index contributed by atoms with van der Waals surface area (Å²) in [5.74, 6) is 7.16. The maximum atomic E-state index is 3.58. The van der Waals surface area contributed by atoms with Crippen molar-refractivity contribution >= 4 is 43.1 Å². The third kappa shape index (κ3) is 2.65. The first kappa shape index (κ1) is 16.8. The molecule has 0 saturated heterocycles. The van der Waals surface area contributed by atoms with Gasteiger partial charge in [-0.15, -0.1) is 0 Å². The summed E-state index contributed by atoms with van der Waals surface area (Å²) in [7, 11) is 0. The lowest BCUT2D eigenvalue weighted by Crippen LogP contribution is -1.87. The lowest BCUT2D eigenvalue weighted by molar-refractivity contribution is 1.72. The lowest BCUT2D eigenvalue weighted by Gasteiger charge is -2.08. The van der Waals surface area contributed by atoms with E-state index in [4.69, 9.17) is 0 Å². The Morgan fingerprint density at radius 1 is 0.333 bits per heavy atom. The molecule has 6 aromatic carbocycles. The summed E-state index contributed by atoms with van der Waals surface area (Å²) in [4.78, 5) is 0. The molecule has 0 bridgehead atoms. The number of benzene rings is 6. The van der Waals surface area contributed by atoms with Crippen molar-refractivity contribution in [1.82, 2.24) is 0 Å². The van der Waals surface area contributed by atoms with E-state index in [-0.39, 0.29) is 0 Å². The predicted octanol–water partition coefficient (Wildman–Crippen LogP) is 7.70. The van der Waals surface area contributed by atoms with Crippen LogP contribution in [0.3, 0.4) is 0 Å². The minimum absolute atomic E-state index is 1.10. The van der Waals surface area contributed by atoms with Crippen LogP contribution in [0, 0.1) is 11.8 Å². The van der Waals surface area contributed by atoms with E-state index in [1.807, 2.05) is 0 Å². The lowest BCUT2D eigenvalue weighted by atomic mass is 9.95. The summed E-state index contributed by atoms with van der Waals surface area (Å²) in [6.07, 6.45) is 0. The molecule has 0 saturated carbocycles. The van der Waals surface area contributed by atoms with Crippen molar-refractivity contribution in [3.05, 3.63) is 120 Å². The number of rotatable bonds is 0. The Kier molecular flexibility index (Phi) is 3.79. The largest absolute Gasteiger partial charge is 0.0616 e. The van der Waals surface area contributed by atoms with E-state index < -0.39 is 0 Å². The first-order chi connectivity index (χ1) is 14.9. The first-order valence-electron chi connectivity index (χ1n) is 10.2. The van der Waals surface area contributed by atoms with Crippen LogP contribution in [0.5, 0.6) is 0 Å². The third-order valence-corrected chi connectivity index (χ3v) is 5.86. The van der Waals surface area contributed by atoms with Gasteiger partial charge in [0.05, 0.1) is 0 Å². The fraction of sp³-hybridized carbons (Fsp3) is 0. The van der Waals surface area contributed by atoms with Gasteiger partial charge in [-0.3, -0.25) is 0 Å². The zero-order valence-corrected chi connectivity index (χ0v) is 16.4. The topological polar surface area (TPSA) is 0 Å². The molecule has 0 radical (unpaired) electrons. The average molecular weight is 378 g/mol. The first-order valence-corrected chi connectivity index (χ1v) is 10.2. The van der Waals surface area contributed by atoms with Crippen LogP contribution in [0.25, 0.3) is 43.1 Å². The Bertz CT molecular complexity index is 1410. The molecule has 0 atom stereocenters. The molecule has 0 aliphatic heterocycles. The highest BCUT2D eigenvalue weighted by molar-refractivity contribution is 6.07. The molecular formula is C30H18. The molecule has 0 heteroatoms. The molecule has 0 spiro atoms. The predicted molar refractivity (Wildman–Crippen MR) is 129 cm³/mol. The standard InChI is InChI=1S/C30H18/c1-5-13-25-21(9-1)19-22-10-2-6-14-26(22)29(25)17-18-30-27-15-7-3-11-23(27)20-24-12-4-8-16-28(24)30/h1-16,19-20H. The highest BCUT2D eigenvalue weighted by Gasteiger charge is 2.07. The molecule has 0 unspecified atom stereocenters. The fourth-order valence-electron chi connectivity index (χ4n) is 4.42. The molecule has 0 N–H and O–H groups in total. The zero-order chi connectivity index (χ0) is 19.9. The van der Waals surface area contributed by atoms with Gasteiger partial charge in [0.15, 0.2) is 0 Å². The molecule has 0 amide bonds. The van der Waals surface area contributed by atoms with Crippen LogP contribution < -0.4 is 0 Å². The molecule has 0 fully saturated rings. The molecule has 0 aliphatic rings. The van der Waals surface area contributed by atoms with Crippen LogP contribution in [0.2, 0.25) is 0 Å². The molecule has 138 valence electrons. The molecule has 6 rings (SSSR count). The minimum atomic E-state index is 1.10. The molecular weight excluding hydrogens is 360 g/mol. The Labute approximate surface area is 175 Å². The van der Waals surface area contributed by atoms with Gasteiger partial charge >= 0.3 is 0 Å². The highest BCUT2D eigenvalue weighted by atomic mass is 14.1. The maximum absolute atomic E-state index is 3.58. The minimum Gasteiger partial charge on any atom is -0.0616 e. The van der Waals surface area contributed by atoms with Gasteiger partial charge in [-0.25, -0.2) is 0 Å². The SMILES string of the molecule is C(#Cc1c2ccccc2cc2ccccc12)c1c2ccccc2cc2ccccc12. The van der Waals surface area contributed by atoms with Crippen LogP contribution in [0.4, 0.5) is 0 Å². The van der Waals surface area contributed by atoms with Gasteiger partial charge in [-0.1, -0.05) is 109 Å². The summed E-state index contributed by atoms with van der Waals surface area (Å²) in [6, 6.07) is 38.6. The fourth-order valence-corrected chi connectivity index (χ4v) is 4.42. The van der Waals surface area contributed by atoms with Crippen LogP contribution in [0.1, 0.15) is 11.1 Å². The zero-order valence-electron chi connectivity index (χ0n) is 16.4. The Morgan fingerprint density at radius 3 is 0.900 bits per heavy atom. The third-order valence-electron chi connectivity index (χ3n) is 5.86. The van der Waals surface area contributed by atoms with Gasteiger partial charge in [0.25, 0.3) is 0 Å². The van der Waals surface area contributed by atoms with E-state index in [1.165, 1.54) is 43.1 Å². The molecule has 6 aromatic rings. The van der Waals surface area contributed by atoms with Gasteiger partial charge in [0.1, 0.15) is 0 Å². The Balaban J connectivity index is 1.72. The number of hydrogen-bond acceptors (Lipinski definition) is 0. The molecule has 0 aliphatic carbocycles. The van der Waals surface area contributed by atoms with E-state index in [9.17, 15) is 0 Å². The second kappa shape index (κ2) is 6.76.